The zero-order valence-electron chi connectivity index (χ0n) is 12.5. The first kappa shape index (κ1) is 15.1. The van der Waals surface area contributed by atoms with Gasteiger partial charge in [-0.05, 0) is 69.6 Å². The number of hydrogen-bond acceptors (Lipinski definition) is 4. The molecule has 4 nitrogen and oxygen atoms in total. The van der Waals surface area contributed by atoms with E-state index in [1.165, 1.54) is 18.9 Å². The maximum absolute atomic E-state index is 9.59. The molecule has 0 radical (unpaired) electrons. The van der Waals surface area contributed by atoms with Gasteiger partial charge in [-0.25, -0.2) is 0 Å². The average molecular weight is 278 g/mol. The van der Waals surface area contributed by atoms with Crippen molar-refractivity contribution in [1.29, 1.82) is 0 Å². The molecular weight excluding hydrogens is 252 g/mol. The van der Waals surface area contributed by atoms with Gasteiger partial charge in [0.1, 0.15) is 11.5 Å². The minimum atomic E-state index is 0.133. The molecular formula is C16H26N2O2. The molecule has 0 saturated carbocycles. The van der Waals surface area contributed by atoms with Gasteiger partial charge in [0.2, 0.25) is 0 Å². The molecule has 1 aliphatic heterocycles. The van der Waals surface area contributed by atoms with Crippen LogP contribution in [0.5, 0.6) is 11.5 Å². The van der Waals surface area contributed by atoms with Gasteiger partial charge in [0.25, 0.3) is 0 Å². The van der Waals surface area contributed by atoms with Gasteiger partial charge in [0.05, 0.1) is 0 Å². The van der Waals surface area contributed by atoms with Crippen LogP contribution in [0.2, 0.25) is 0 Å². The summed E-state index contributed by atoms with van der Waals surface area (Å²) in [6.07, 6.45) is 2.42. The van der Waals surface area contributed by atoms with Gasteiger partial charge in [-0.15, -0.1) is 0 Å². The van der Waals surface area contributed by atoms with Crippen molar-refractivity contribution in [2.75, 3.05) is 26.2 Å². The van der Waals surface area contributed by atoms with E-state index < -0.39 is 0 Å². The monoisotopic (exact) mass is 278 g/mol. The Morgan fingerprint density at radius 2 is 1.80 bits per heavy atom. The zero-order chi connectivity index (χ0) is 14.5. The van der Waals surface area contributed by atoms with Crippen LogP contribution < -0.4 is 5.32 Å². The second kappa shape index (κ2) is 6.95. The van der Waals surface area contributed by atoms with Crippen molar-refractivity contribution in [2.24, 2.45) is 5.92 Å². The molecule has 1 saturated heterocycles. The number of aromatic hydroxyl groups is 2. The van der Waals surface area contributed by atoms with Gasteiger partial charge in [0.15, 0.2) is 0 Å². The summed E-state index contributed by atoms with van der Waals surface area (Å²) in [6, 6.07) is 5.09. The van der Waals surface area contributed by atoms with Crippen molar-refractivity contribution in [3.05, 3.63) is 23.8 Å². The molecule has 112 valence electrons. The van der Waals surface area contributed by atoms with Crippen LogP contribution in [0.3, 0.4) is 0 Å². The molecule has 1 aromatic carbocycles. The van der Waals surface area contributed by atoms with E-state index in [-0.39, 0.29) is 17.5 Å². The molecule has 1 atom stereocenters. The third kappa shape index (κ3) is 3.87. The third-order valence-electron chi connectivity index (χ3n) is 4.29. The van der Waals surface area contributed by atoms with Gasteiger partial charge in [-0.1, -0.05) is 6.92 Å². The zero-order valence-corrected chi connectivity index (χ0v) is 12.5. The second-order valence-corrected chi connectivity index (χ2v) is 5.75. The molecule has 1 aliphatic rings. The fourth-order valence-corrected chi connectivity index (χ4v) is 2.96. The molecule has 1 fully saturated rings. The van der Waals surface area contributed by atoms with Crippen LogP contribution in [0, 0.1) is 5.92 Å². The highest BCUT2D eigenvalue weighted by Gasteiger charge is 2.23. The first-order valence-corrected chi connectivity index (χ1v) is 7.57. The lowest BCUT2D eigenvalue weighted by Gasteiger charge is -2.36. The molecule has 1 aromatic rings. The van der Waals surface area contributed by atoms with Crippen molar-refractivity contribution in [3.8, 4) is 11.5 Å². The lowest BCUT2D eigenvalue weighted by atomic mass is 9.94. The van der Waals surface area contributed by atoms with E-state index in [4.69, 9.17) is 0 Å². The summed E-state index contributed by atoms with van der Waals surface area (Å²) in [6.45, 7) is 8.59. The first-order valence-electron chi connectivity index (χ1n) is 7.57. The van der Waals surface area contributed by atoms with Gasteiger partial charge < -0.3 is 15.5 Å². The van der Waals surface area contributed by atoms with Crippen LogP contribution in [-0.4, -0.2) is 41.3 Å². The van der Waals surface area contributed by atoms with Crippen molar-refractivity contribution < 1.29 is 10.2 Å². The maximum atomic E-state index is 9.59. The Hall–Kier alpha value is -1.26. The fraction of sp³-hybridized carbons (Fsp3) is 0.625. The number of nitrogens with zero attached hydrogens (tertiary/aromatic N) is 1. The molecule has 1 heterocycles. The second-order valence-electron chi connectivity index (χ2n) is 5.75. The van der Waals surface area contributed by atoms with Crippen LogP contribution in [0.4, 0.5) is 0 Å². The number of phenols is 2. The highest BCUT2D eigenvalue weighted by Crippen LogP contribution is 2.30. The lowest BCUT2D eigenvalue weighted by Crippen LogP contribution is -2.38. The molecule has 0 bridgehead atoms. The number of benzene rings is 1. The molecule has 4 heteroatoms. The van der Waals surface area contributed by atoms with E-state index in [2.05, 4.69) is 24.1 Å². The van der Waals surface area contributed by atoms with Crippen molar-refractivity contribution >= 4 is 0 Å². The van der Waals surface area contributed by atoms with Gasteiger partial charge in [0, 0.05) is 12.1 Å². The summed E-state index contributed by atoms with van der Waals surface area (Å²) >= 11 is 0. The third-order valence-corrected chi connectivity index (χ3v) is 4.29. The topological polar surface area (TPSA) is 55.7 Å². The molecule has 3 N–H and O–H groups in total. The van der Waals surface area contributed by atoms with Gasteiger partial charge in [-0.3, -0.25) is 4.90 Å². The molecule has 0 aromatic heterocycles. The number of likely N-dealkylation sites (tertiary alicyclic amines) is 1. The summed E-state index contributed by atoms with van der Waals surface area (Å²) in [7, 11) is 0. The Morgan fingerprint density at radius 3 is 2.35 bits per heavy atom. The Morgan fingerprint density at radius 1 is 1.20 bits per heavy atom. The van der Waals surface area contributed by atoms with Crippen LogP contribution in [0.15, 0.2) is 18.2 Å². The molecule has 1 unspecified atom stereocenters. The van der Waals surface area contributed by atoms with Crippen LogP contribution >= 0.6 is 0 Å². The van der Waals surface area contributed by atoms with E-state index >= 15 is 0 Å². The fourth-order valence-electron chi connectivity index (χ4n) is 2.96. The SMILES string of the molecule is CCNCC1CCN(C(C)c2cc(O)cc(O)c2)CC1. The molecule has 20 heavy (non-hydrogen) atoms. The standard InChI is InChI=1S/C16H26N2O2/c1-3-17-11-13-4-6-18(7-5-13)12(2)14-8-15(19)10-16(20)9-14/h8-10,12-13,17,19-20H,3-7,11H2,1-2H3. The summed E-state index contributed by atoms with van der Waals surface area (Å²) in [5.41, 5.74) is 0.979. The van der Waals surface area contributed by atoms with E-state index in [1.54, 1.807) is 12.1 Å². The van der Waals surface area contributed by atoms with Crippen LogP contribution in [0.1, 0.15) is 38.3 Å². The predicted molar refractivity (Wildman–Crippen MR) is 81.0 cm³/mol. The number of piperidine rings is 1. The van der Waals surface area contributed by atoms with Crippen LogP contribution in [-0.2, 0) is 0 Å². The normalized spacial score (nSPS) is 19.1. The number of nitrogens with one attached hydrogen (secondary N) is 1. The summed E-state index contributed by atoms with van der Waals surface area (Å²) in [5, 5.41) is 22.6. The Kier molecular flexibility index (Phi) is 5.26. The lowest BCUT2D eigenvalue weighted by molar-refractivity contribution is 0.140. The molecule has 2 rings (SSSR count). The van der Waals surface area contributed by atoms with E-state index in [0.29, 0.717) is 0 Å². The Labute approximate surface area is 121 Å². The van der Waals surface area contributed by atoms with E-state index in [9.17, 15) is 10.2 Å². The smallest absolute Gasteiger partial charge is 0.119 e. The first-order chi connectivity index (χ1) is 9.60. The predicted octanol–water partition coefficient (Wildman–Crippen LogP) is 2.48. The maximum Gasteiger partial charge on any atom is 0.119 e. The Bertz CT molecular complexity index is 408. The van der Waals surface area contributed by atoms with E-state index in [1.807, 2.05) is 0 Å². The Balaban J connectivity index is 1.92. The summed E-state index contributed by atoms with van der Waals surface area (Å²) in [5.74, 6) is 1.04. The molecule has 0 aliphatic carbocycles. The van der Waals surface area contributed by atoms with Gasteiger partial charge in [-0.2, -0.15) is 0 Å². The molecule has 0 spiro atoms. The summed E-state index contributed by atoms with van der Waals surface area (Å²) < 4.78 is 0. The van der Waals surface area contributed by atoms with Crippen molar-refractivity contribution in [1.82, 2.24) is 10.2 Å². The van der Waals surface area contributed by atoms with Crippen molar-refractivity contribution in [3.63, 3.8) is 0 Å². The summed E-state index contributed by atoms with van der Waals surface area (Å²) in [4.78, 5) is 2.43. The van der Waals surface area contributed by atoms with Crippen LogP contribution in [0.25, 0.3) is 0 Å². The largest absolute Gasteiger partial charge is 0.508 e. The average Bonchev–Trinajstić information content (AvgIpc) is 2.44. The number of rotatable bonds is 5. The minimum Gasteiger partial charge on any atom is -0.508 e. The highest BCUT2D eigenvalue weighted by atomic mass is 16.3. The minimum absolute atomic E-state index is 0.133. The highest BCUT2D eigenvalue weighted by molar-refractivity contribution is 5.38. The van der Waals surface area contributed by atoms with Crippen molar-refractivity contribution in [2.45, 2.75) is 32.7 Å². The van der Waals surface area contributed by atoms with E-state index in [0.717, 1.165) is 37.7 Å². The number of hydrogen-bond donors (Lipinski definition) is 3. The molecule has 0 amide bonds. The van der Waals surface area contributed by atoms with Gasteiger partial charge >= 0.3 is 0 Å². The quantitative estimate of drug-likeness (QED) is 0.774. The number of phenolic OH excluding ortho intramolecular Hbond substituents is 2.